The lowest BCUT2D eigenvalue weighted by Gasteiger charge is -1.97. The van der Waals surface area contributed by atoms with E-state index in [9.17, 15) is 4.39 Å². The van der Waals surface area contributed by atoms with Crippen molar-refractivity contribution in [3.63, 3.8) is 0 Å². The predicted molar refractivity (Wildman–Crippen MR) is 51.8 cm³/mol. The number of benzene rings is 1. The van der Waals surface area contributed by atoms with Crippen LogP contribution in [0.25, 0.3) is 0 Å². The van der Waals surface area contributed by atoms with Crippen molar-refractivity contribution in [2.75, 3.05) is 0 Å². The van der Waals surface area contributed by atoms with Gasteiger partial charge in [-0.05, 0) is 34.7 Å². The standard InChI is InChI=1S/C6H2BrClFI/c7-3-1-4(8)6(10)5(9)2-3/h1-2H. The Morgan fingerprint density at radius 1 is 1.50 bits per heavy atom. The highest BCUT2D eigenvalue weighted by molar-refractivity contribution is 14.1. The summed E-state index contributed by atoms with van der Waals surface area (Å²) in [5, 5.41) is 0.437. The zero-order valence-electron chi connectivity index (χ0n) is 4.67. The fraction of sp³-hybridized carbons (Fsp3) is 0. The molecule has 0 nitrogen and oxygen atoms in total. The summed E-state index contributed by atoms with van der Waals surface area (Å²) in [7, 11) is 0. The quantitative estimate of drug-likeness (QED) is 0.384. The van der Waals surface area contributed by atoms with Gasteiger partial charge in [-0.15, -0.1) is 0 Å². The maximum atomic E-state index is 12.7. The molecule has 0 unspecified atom stereocenters. The smallest absolute Gasteiger partial charge is 0.139 e. The third-order valence-corrected chi connectivity index (χ3v) is 3.12. The van der Waals surface area contributed by atoms with Crippen LogP contribution in [0.1, 0.15) is 0 Å². The van der Waals surface area contributed by atoms with Crippen LogP contribution in [0.15, 0.2) is 16.6 Å². The molecule has 1 aromatic rings. The summed E-state index contributed by atoms with van der Waals surface area (Å²) in [6.07, 6.45) is 0. The van der Waals surface area contributed by atoms with Crippen LogP contribution in [0.2, 0.25) is 5.02 Å². The first-order chi connectivity index (χ1) is 4.61. The summed E-state index contributed by atoms with van der Waals surface area (Å²) in [5.41, 5.74) is 0. The molecule has 0 amide bonds. The second-order valence-corrected chi connectivity index (χ2v) is 4.09. The molecular formula is C6H2BrClFI. The van der Waals surface area contributed by atoms with Crippen LogP contribution < -0.4 is 0 Å². The van der Waals surface area contributed by atoms with E-state index in [0.717, 1.165) is 0 Å². The third kappa shape index (κ3) is 1.83. The minimum atomic E-state index is -0.292. The highest BCUT2D eigenvalue weighted by Gasteiger charge is 2.03. The van der Waals surface area contributed by atoms with Crippen molar-refractivity contribution in [1.29, 1.82) is 0 Å². The Morgan fingerprint density at radius 3 is 2.60 bits per heavy atom. The van der Waals surface area contributed by atoms with Crippen molar-refractivity contribution in [2.24, 2.45) is 0 Å². The molecule has 0 fully saturated rings. The molecule has 10 heavy (non-hydrogen) atoms. The molecule has 0 aromatic heterocycles. The molecule has 0 aliphatic rings. The molecule has 0 atom stereocenters. The summed E-state index contributed by atoms with van der Waals surface area (Å²) in [4.78, 5) is 0. The minimum absolute atomic E-state index is 0.292. The Bertz CT molecular complexity index is 241. The van der Waals surface area contributed by atoms with E-state index in [4.69, 9.17) is 11.6 Å². The monoisotopic (exact) mass is 334 g/mol. The lowest BCUT2D eigenvalue weighted by atomic mass is 10.3. The van der Waals surface area contributed by atoms with E-state index in [1.165, 1.54) is 6.07 Å². The Labute approximate surface area is 85.0 Å². The lowest BCUT2D eigenvalue weighted by Crippen LogP contribution is -1.81. The second kappa shape index (κ2) is 3.36. The minimum Gasteiger partial charge on any atom is -0.206 e. The van der Waals surface area contributed by atoms with E-state index >= 15 is 0 Å². The van der Waals surface area contributed by atoms with Gasteiger partial charge in [0, 0.05) is 4.47 Å². The van der Waals surface area contributed by atoms with Crippen LogP contribution in [0.3, 0.4) is 0 Å². The van der Waals surface area contributed by atoms with Crippen LogP contribution in [-0.2, 0) is 0 Å². The number of rotatable bonds is 0. The molecule has 54 valence electrons. The van der Waals surface area contributed by atoms with Gasteiger partial charge in [-0.3, -0.25) is 0 Å². The van der Waals surface area contributed by atoms with Gasteiger partial charge in [-0.1, -0.05) is 27.5 Å². The summed E-state index contributed by atoms with van der Waals surface area (Å²) in [6.45, 7) is 0. The Balaban J connectivity index is 3.31. The molecule has 0 aliphatic heterocycles. The van der Waals surface area contributed by atoms with E-state index in [1.54, 1.807) is 6.07 Å². The van der Waals surface area contributed by atoms with Gasteiger partial charge in [0.15, 0.2) is 0 Å². The normalized spacial score (nSPS) is 10.0. The Kier molecular flexibility index (Phi) is 2.94. The molecule has 1 aromatic carbocycles. The van der Waals surface area contributed by atoms with E-state index in [1.807, 2.05) is 22.6 Å². The van der Waals surface area contributed by atoms with Crippen molar-refractivity contribution in [3.8, 4) is 0 Å². The Hall–Kier alpha value is 0.650. The molecule has 0 N–H and O–H groups in total. The van der Waals surface area contributed by atoms with Gasteiger partial charge in [0.1, 0.15) is 5.82 Å². The van der Waals surface area contributed by atoms with Crippen LogP contribution in [0.5, 0.6) is 0 Å². The molecule has 0 heterocycles. The summed E-state index contributed by atoms with van der Waals surface area (Å²) >= 11 is 10.6. The van der Waals surface area contributed by atoms with Crippen molar-refractivity contribution in [2.45, 2.75) is 0 Å². The molecule has 1 rings (SSSR count). The first kappa shape index (κ1) is 8.74. The van der Waals surface area contributed by atoms with Crippen molar-refractivity contribution < 1.29 is 4.39 Å². The molecule has 0 saturated carbocycles. The van der Waals surface area contributed by atoms with Gasteiger partial charge >= 0.3 is 0 Å². The first-order valence-corrected chi connectivity index (χ1v) is 4.66. The predicted octanol–water partition coefficient (Wildman–Crippen LogP) is 3.85. The van der Waals surface area contributed by atoms with E-state index < -0.39 is 0 Å². The second-order valence-electron chi connectivity index (χ2n) is 1.68. The highest BCUT2D eigenvalue weighted by atomic mass is 127. The lowest BCUT2D eigenvalue weighted by molar-refractivity contribution is 0.619. The van der Waals surface area contributed by atoms with Gasteiger partial charge in [0.2, 0.25) is 0 Å². The van der Waals surface area contributed by atoms with Gasteiger partial charge in [-0.25, -0.2) is 4.39 Å². The maximum absolute atomic E-state index is 12.7. The van der Waals surface area contributed by atoms with Crippen LogP contribution in [-0.4, -0.2) is 0 Å². The number of hydrogen-bond acceptors (Lipinski definition) is 0. The van der Waals surface area contributed by atoms with Gasteiger partial charge in [-0.2, -0.15) is 0 Å². The maximum Gasteiger partial charge on any atom is 0.139 e. The molecule has 0 aliphatic carbocycles. The summed E-state index contributed by atoms with van der Waals surface area (Å²) in [5.74, 6) is -0.292. The fourth-order valence-electron chi connectivity index (χ4n) is 0.525. The van der Waals surface area contributed by atoms with Crippen molar-refractivity contribution in [3.05, 3.63) is 31.0 Å². The molecule has 0 bridgehead atoms. The van der Waals surface area contributed by atoms with Crippen molar-refractivity contribution in [1.82, 2.24) is 0 Å². The average Bonchev–Trinajstić information content (AvgIpc) is 1.82. The zero-order chi connectivity index (χ0) is 7.72. The zero-order valence-corrected chi connectivity index (χ0v) is 9.17. The van der Waals surface area contributed by atoms with Gasteiger partial charge < -0.3 is 0 Å². The number of hydrogen-bond donors (Lipinski definition) is 0. The van der Waals surface area contributed by atoms with E-state index in [0.29, 0.717) is 13.1 Å². The topological polar surface area (TPSA) is 0 Å². The van der Waals surface area contributed by atoms with Crippen LogP contribution in [0.4, 0.5) is 4.39 Å². The van der Waals surface area contributed by atoms with Crippen LogP contribution >= 0.6 is 50.1 Å². The first-order valence-electron chi connectivity index (χ1n) is 2.41. The molecule has 4 heteroatoms. The number of halogens is 4. The Morgan fingerprint density at radius 2 is 2.10 bits per heavy atom. The summed E-state index contributed by atoms with van der Waals surface area (Å²) < 4.78 is 13.8. The molecule has 0 saturated heterocycles. The molecular weight excluding hydrogens is 333 g/mol. The molecule has 0 radical (unpaired) electrons. The summed E-state index contributed by atoms with van der Waals surface area (Å²) in [6, 6.07) is 3.04. The van der Waals surface area contributed by atoms with E-state index in [2.05, 4.69) is 15.9 Å². The van der Waals surface area contributed by atoms with Gasteiger partial charge in [0.25, 0.3) is 0 Å². The van der Waals surface area contributed by atoms with E-state index in [-0.39, 0.29) is 5.82 Å². The van der Waals surface area contributed by atoms with Crippen LogP contribution in [0, 0.1) is 9.39 Å². The molecule has 0 spiro atoms. The SMILES string of the molecule is Fc1cc(Br)cc(Cl)c1I. The van der Waals surface area contributed by atoms with Gasteiger partial charge in [0.05, 0.1) is 8.59 Å². The average molecular weight is 335 g/mol. The highest BCUT2D eigenvalue weighted by Crippen LogP contribution is 2.25. The van der Waals surface area contributed by atoms with Crippen molar-refractivity contribution >= 4 is 50.1 Å². The largest absolute Gasteiger partial charge is 0.206 e. The fourth-order valence-corrected chi connectivity index (χ4v) is 1.61. The third-order valence-electron chi connectivity index (χ3n) is 0.949.